The van der Waals surface area contributed by atoms with Gasteiger partial charge in [-0.2, -0.15) is 0 Å². The normalized spacial score (nSPS) is 18.1. The Labute approximate surface area is 123 Å². The zero-order chi connectivity index (χ0) is 13.3. The second-order valence-corrected chi connectivity index (χ2v) is 7.17. The molecule has 0 nitrogen and oxygen atoms in total. The monoisotopic (exact) mass is 314 g/mol. The molecule has 0 amide bonds. The summed E-state index contributed by atoms with van der Waals surface area (Å²) in [7, 11) is 0. The van der Waals surface area contributed by atoms with Crippen LogP contribution in [0.2, 0.25) is 0 Å². The van der Waals surface area contributed by atoms with E-state index in [-0.39, 0.29) is 0 Å². The molecule has 0 bridgehead atoms. The minimum atomic E-state index is 0.625. The molecule has 0 aliphatic heterocycles. The van der Waals surface area contributed by atoms with Crippen LogP contribution in [0.5, 0.6) is 0 Å². The van der Waals surface area contributed by atoms with Crippen LogP contribution in [0.3, 0.4) is 0 Å². The highest BCUT2D eigenvalue weighted by Gasteiger charge is 2.32. The zero-order valence-electron chi connectivity index (χ0n) is 12.4. The highest BCUT2D eigenvalue weighted by molar-refractivity contribution is 9.11. The maximum atomic E-state index is 3.72. The number of halogens is 1. The third kappa shape index (κ3) is 5.91. The first-order chi connectivity index (χ1) is 8.72. The minimum absolute atomic E-state index is 0.625. The number of unbranched alkanes of at least 4 members (excludes halogenated alkanes) is 6. The molecule has 1 heteroatoms. The fraction of sp³-hybridized carbons (Fsp3) is 0.882. The van der Waals surface area contributed by atoms with Crippen LogP contribution in [0.4, 0.5) is 0 Å². The van der Waals surface area contributed by atoms with Gasteiger partial charge >= 0.3 is 0 Å². The molecule has 0 heterocycles. The molecule has 106 valence electrons. The molecule has 0 aromatic rings. The van der Waals surface area contributed by atoms with Crippen LogP contribution in [0.1, 0.15) is 90.9 Å². The second kappa shape index (κ2) is 9.18. The molecular formula is C17H31Br. The van der Waals surface area contributed by atoms with Crippen molar-refractivity contribution in [1.82, 2.24) is 0 Å². The fourth-order valence-corrected chi connectivity index (χ4v) is 3.95. The lowest BCUT2D eigenvalue weighted by molar-refractivity contribution is 0.239. The topological polar surface area (TPSA) is 0 Å². The summed E-state index contributed by atoms with van der Waals surface area (Å²) in [5.41, 5.74) is 0.625. The third-order valence-electron chi connectivity index (χ3n) is 4.42. The minimum Gasteiger partial charge on any atom is -0.0738 e. The van der Waals surface area contributed by atoms with Crippen LogP contribution in [-0.2, 0) is 0 Å². The van der Waals surface area contributed by atoms with Crippen LogP contribution < -0.4 is 0 Å². The van der Waals surface area contributed by atoms with E-state index < -0.39 is 0 Å². The molecule has 0 aromatic carbocycles. The second-order valence-electron chi connectivity index (χ2n) is 6.15. The van der Waals surface area contributed by atoms with Crippen molar-refractivity contribution in [3.05, 3.63) is 10.6 Å². The van der Waals surface area contributed by atoms with Crippen LogP contribution in [0, 0.1) is 5.41 Å². The van der Waals surface area contributed by atoms with Gasteiger partial charge in [0.25, 0.3) is 0 Å². The van der Waals surface area contributed by atoms with E-state index in [9.17, 15) is 0 Å². The summed E-state index contributed by atoms with van der Waals surface area (Å²) in [6.45, 7) is 4.60. The van der Waals surface area contributed by atoms with Gasteiger partial charge in [0.2, 0.25) is 0 Å². The van der Waals surface area contributed by atoms with Crippen LogP contribution in [0.25, 0.3) is 0 Å². The molecule has 1 rings (SSSR count). The Morgan fingerprint density at radius 2 is 1.50 bits per heavy atom. The van der Waals surface area contributed by atoms with Crippen molar-refractivity contribution in [1.29, 1.82) is 0 Å². The highest BCUT2D eigenvalue weighted by Crippen LogP contribution is 2.47. The van der Waals surface area contributed by atoms with Crippen LogP contribution in [-0.4, -0.2) is 0 Å². The molecule has 0 unspecified atom stereocenters. The van der Waals surface area contributed by atoms with Gasteiger partial charge in [-0.1, -0.05) is 87.2 Å². The first-order valence-electron chi connectivity index (χ1n) is 8.07. The van der Waals surface area contributed by atoms with E-state index >= 15 is 0 Å². The van der Waals surface area contributed by atoms with Crippen molar-refractivity contribution < 1.29 is 0 Å². The van der Waals surface area contributed by atoms with Gasteiger partial charge in [-0.3, -0.25) is 0 Å². The highest BCUT2D eigenvalue weighted by atomic mass is 79.9. The summed E-state index contributed by atoms with van der Waals surface area (Å²) in [6, 6.07) is 0. The maximum Gasteiger partial charge on any atom is -0.00834 e. The summed E-state index contributed by atoms with van der Waals surface area (Å²) in [6.07, 6.45) is 19.3. The molecule has 0 saturated heterocycles. The summed E-state index contributed by atoms with van der Waals surface area (Å²) < 4.78 is 1.47. The summed E-state index contributed by atoms with van der Waals surface area (Å²) >= 11 is 3.72. The van der Waals surface area contributed by atoms with Crippen molar-refractivity contribution in [2.24, 2.45) is 5.41 Å². The van der Waals surface area contributed by atoms with Crippen molar-refractivity contribution in [3.8, 4) is 0 Å². The Balaban J connectivity index is 2.30. The molecule has 0 radical (unpaired) electrons. The van der Waals surface area contributed by atoms with Crippen molar-refractivity contribution >= 4 is 15.9 Å². The maximum absolute atomic E-state index is 3.72. The Bertz CT molecular complexity index is 230. The smallest absolute Gasteiger partial charge is 0.00834 e. The molecule has 0 saturated carbocycles. The average molecular weight is 315 g/mol. The van der Waals surface area contributed by atoms with E-state index in [0.717, 1.165) is 0 Å². The fourth-order valence-electron chi connectivity index (χ4n) is 3.19. The Morgan fingerprint density at radius 1 is 0.944 bits per heavy atom. The first kappa shape index (κ1) is 16.3. The molecule has 0 aromatic heterocycles. The van der Waals surface area contributed by atoms with Gasteiger partial charge in [-0.15, -0.1) is 0 Å². The SMILES string of the molecule is CCCCCCC1(CCCCCC)CC=C(Br)C1. The largest absolute Gasteiger partial charge is 0.0738 e. The molecule has 1 aliphatic carbocycles. The Kier molecular flexibility index (Phi) is 8.30. The van der Waals surface area contributed by atoms with Crippen molar-refractivity contribution in [2.45, 2.75) is 90.9 Å². The molecule has 1 aliphatic rings. The molecule has 0 spiro atoms. The van der Waals surface area contributed by atoms with Crippen molar-refractivity contribution in [3.63, 3.8) is 0 Å². The number of hydrogen-bond donors (Lipinski definition) is 0. The van der Waals surface area contributed by atoms with Gasteiger partial charge in [0, 0.05) is 0 Å². The number of hydrogen-bond acceptors (Lipinski definition) is 0. The van der Waals surface area contributed by atoms with Crippen LogP contribution in [0.15, 0.2) is 10.6 Å². The number of allylic oxidation sites excluding steroid dienone is 2. The van der Waals surface area contributed by atoms with E-state index in [1.165, 1.54) is 81.5 Å². The molecule has 18 heavy (non-hydrogen) atoms. The van der Waals surface area contributed by atoms with Gasteiger partial charge in [0.15, 0.2) is 0 Å². The Morgan fingerprint density at radius 3 is 1.89 bits per heavy atom. The van der Waals surface area contributed by atoms with E-state index in [1.54, 1.807) is 0 Å². The van der Waals surface area contributed by atoms with Crippen LogP contribution >= 0.6 is 15.9 Å². The van der Waals surface area contributed by atoms with Gasteiger partial charge < -0.3 is 0 Å². The first-order valence-corrected chi connectivity index (χ1v) is 8.86. The molecule has 0 atom stereocenters. The van der Waals surface area contributed by atoms with E-state index in [1.807, 2.05) is 0 Å². The zero-order valence-corrected chi connectivity index (χ0v) is 14.0. The lowest BCUT2D eigenvalue weighted by atomic mass is 9.76. The van der Waals surface area contributed by atoms with Gasteiger partial charge in [-0.05, 0) is 35.6 Å². The van der Waals surface area contributed by atoms with Gasteiger partial charge in [0.05, 0.1) is 0 Å². The third-order valence-corrected chi connectivity index (χ3v) is 5.03. The van der Waals surface area contributed by atoms with E-state index in [0.29, 0.717) is 5.41 Å². The molecule has 0 fully saturated rings. The summed E-state index contributed by atoms with van der Waals surface area (Å²) in [5.74, 6) is 0. The predicted octanol–water partition coefficient (Wildman–Crippen LogP) is 6.99. The lowest BCUT2D eigenvalue weighted by Gasteiger charge is -2.29. The quantitative estimate of drug-likeness (QED) is 0.381. The molecule has 0 N–H and O–H groups in total. The summed E-state index contributed by atoms with van der Waals surface area (Å²) in [5, 5.41) is 0. The summed E-state index contributed by atoms with van der Waals surface area (Å²) in [4.78, 5) is 0. The van der Waals surface area contributed by atoms with Crippen molar-refractivity contribution in [2.75, 3.05) is 0 Å². The average Bonchev–Trinajstić information content (AvgIpc) is 2.73. The lowest BCUT2D eigenvalue weighted by Crippen LogP contribution is -2.17. The molecular weight excluding hydrogens is 284 g/mol. The van der Waals surface area contributed by atoms with E-state index in [4.69, 9.17) is 0 Å². The van der Waals surface area contributed by atoms with Gasteiger partial charge in [-0.25, -0.2) is 0 Å². The number of rotatable bonds is 10. The Hall–Kier alpha value is 0.220. The van der Waals surface area contributed by atoms with E-state index in [2.05, 4.69) is 35.9 Å². The van der Waals surface area contributed by atoms with Gasteiger partial charge in [0.1, 0.15) is 0 Å². The predicted molar refractivity (Wildman–Crippen MR) is 86.2 cm³/mol. The standard InChI is InChI=1S/C17H31Br/c1-3-5-7-9-12-17(13-10-8-6-4-2)14-11-16(18)15-17/h11H,3-10,12-15H2,1-2H3.